The summed E-state index contributed by atoms with van der Waals surface area (Å²) in [7, 11) is 0. The van der Waals surface area contributed by atoms with E-state index < -0.39 is 18.6 Å². The summed E-state index contributed by atoms with van der Waals surface area (Å²) in [6, 6.07) is 0. The fourth-order valence-electron chi connectivity index (χ4n) is 0. The van der Waals surface area contributed by atoms with Gasteiger partial charge in [0, 0.05) is 17.1 Å². The molecule has 1 radical (unpaired) electrons. The molecule has 31 valence electrons. The van der Waals surface area contributed by atoms with Gasteiger partial charge in [-0.2, -0.15) is 0 Å². The number of hydrogen-bond acceptors (Lipinski definition) is 1. The molecule has 0 rings (SSSR count). The van der Waals surface area contributed by atoms with Gasteiger partial charge in [0.1, 0.15) is 0 Å². The molecular formula is H2MnO3Ti. The fraction of sp³-hybridized carbons (Fsp3) is 0. The Kier molecular flexibility index (Phi) is 9.26. The van der Waals surface area contributed by atoms with Crippen molar-refractivity contribution < 1.29 is 46.4 Å². The van der Waals surface area contributed by atoms with Crippen molar-refractivity contribution in [1.29, 1.82) is 0 Å². The first-order valence-electron chi connectivity index (χ1n) is 0.651. The molecule has 0 saturated heterocycles. The van der Waals surface area contributed by atoms with E-state index in [-0.39, 0.29) is 17.1 Å². The monoisotopic (exact) mass is 153 g/mol. The molecule has 0 amide bonds. The van der Waals surface area contributed by atoms with E-state index in [0.29, 0.717) is 0 Å². The van der Waals surface area contributed by atoms with Gasteiger partial charge in [-0.3, -0.25) is 0 Å². The van der Waals surface area contributed by atoms with Crippen molar-refractivity contribution in [3.8, 4) is 0 Å². The zero-order valence-electron chi connectivity index (χ0n) is 2.18. The van der Waals surface area contributed by atoms with Crippen LogP contribution < -0.4 is 0 Å². The van der Waals surface area contributed by atoms with Crippen LogP contribution in [0.25, 0.3) is 0 Å². The van der Waals surface area contributed by atoms with E-state index in [4.69, 9.17) is 10.7 Å². The van der Waals surface area contributed by atoms with Gasteiger partial charge in [0.2, 0.25) is 0 Å². The third kappa shape index (κ3) is 47.5. The van der Waals surface area contributed by atoms with Gasteiger partial charge < -0.3 is 0 Å². The molecule has 0 aliphatic rings. The van der Waals surface area contributed by atoms with E-state index in [0.717, 1.165) is 0 Å². The van der Waals surface area contributed by atoms with Crippen LogP contribution in [-0.4, -0.2) is 7.38 Å². The van der Waals surface area contributed by atoms with Gasteiger partial charge >= 0.3 is 29.3 Å². The molecule has 0 spiro atoms. The molecule has 2 N–H and O–H groups in total. The second-order valence-electron chi connectivity index (χ2n) is 0.283. The first-order chi connectivity index (χ1) is 1.73. The molecule has 0 aromatic carbocycles. The Morgan fingerprint density at radius 3 is 1.40 bits per heavy atom. The Morgan fingerprint density at radius 1 is 1.40 bits per heavy atom. The van der Waals surface area contributed by atoms with Crippen LogP contribution in [0.5, 0.6) is 0 Å². The number of rotatable bonds is 0. The van der Waals surface area contributed by atoms with Crippen LogP contribution in [0.1, 0.15) is 0 Å². The zero-order chi connectivity index (χ0) is 3.58. The summed E-state index contributed by atoms with van der Waals surface area (Å²) in [6.07, 6.45) is 0. The fourth-order valence-corrected chi connectivity index (χ4v) is 0. The minimum atomic E-state index is -3.58. The number of hydrogen-bond donors (Lipinski definition) is 2. The standard InChI is InChI=1S/Mn.2H2O.O.Ti/h;2*1H2;;/q;;;;+2/p-2. The zero-order valence-corrected chi connectivity index (χ0v) is 4.92. The van der Waals surface area contributed by atoms with Crippen LogP contribution in [0.4, 0.5) is 0 Å². The molecule has 0 aliphatic heterocycles. The van der Waals surface area contributed by atoms with E-state index in [9.17, 15) is 0 Å². The SMILES string of the molecule is [Mn].[O]=[Ti]([OH])[OH]. The second kappa shape index (κ2) is 4.95. The maximum absolute atomic E-state index is 8.81. The molecule has 0 aromatic rings. The van der Waals surface area contributed by atoms with Gasteiger partial charge in [0.05, 0.1) is 0 Å². The van der Waals surface area contributed by atoms with Crippen molar-refractivity contribution in [3.63, 3.8) is 0 Å². The van der Waals surface area contributed by atoms with Gasteiger partial charge in [0.15, 0.2) is 0 Å². The molecule has 0 aliphatic carbocycles. The molecule has 0 fully saturated rings. The Labute approximate surface area is 46.6 Å². The predicted molar refractivity (Wildman–Crippen MR) is 5.12 cm³/mol. The molecular weight excluding hydrogens is 151 g/mol. The van der Waals surface area contributed by atoms with Crippen LogP contribution in [0.15, 0.2) is 0 Å². The van der Waals surface area contributed by atoms with Gasteiger partial charge in [-0.1, -0.05) is 0 Å². The van der Waals surface area contributed by atoms with Crippen LogP contribution in [-0.2, 0) is 39.0 Å². The van der Waals surface area contributed by atoms with Crippen molar-refractivity contribution >= 4 is 0 Å². The van der Waals surface area contributed by atoms with Crippen molar-refractivity contribution in [3.05, 3.63) is 0 Å². The summed E-state index contributed by atoms with van der Waals surface area (Å²) in [6.45, 7) is 0. The van der Waals surface area contributed by atoms with Crippen molar-refractivity contribution in [1.82, 2.24) is 0 Å². The van der Waals surface area contributed by atoms with Crippen molar-refractivity contribution in [2.24, 2.45) is 0 Å². The molecule has 0 aromatic heterocycles. The quantitative estimate of drug-likeness (QED) is 0.428. The maximum atomic E-state index is 8.81. The summed E-state index contributed by atoms with van der Waals surface area (Å²) in [5.74, 6) is 0. The minimum absolute atomic E-state index is 0. The third-order valence-corrected chi connectivity index (χ3v) is 0. The van der Waals surface area contributed by atoms with E-state index in [2.05, 4.69) is 0 Å². The van der Waals surface area contributed by atoms with Crippen LogP contribution in [0.2, 0.25) is 0 Å². The van der Waals surface area contributed by atoms with Crippen LogP contribution in [0, 0.1) is 0 Å². The Balaban J connectivity index is 0. The van der Waals surface area contributed by atoms with Gasteiger partial charge in [-0.15, -0.1) is 0 Å². The van der Waals surface area contributed by atoms with E-state index in [1.165, 1.54) is 0 Å². The summed E-state index contributed by atoms with van der Waals surface area (Å²) in [5, 5.41) is 0. The normalized spacial score (nSPS) is 5.20. The van der Waals surface area contributed by atoms with E-state index >= 15 is 0 Å². The van der Waals surface area contributed by atoms with Gasteiger partial charge in [-0.05, 0) is 0 Å². The van der Waals surface area contributed by atoms with Crippen molar-refractivity contribution in [2.75, 3.05) is 0 Å². The predicted octanol–water partition coefficient (Wildman–Crippen LogP) is -1.24. The molecule has 0 saturated carbocycles. The molecule has 0 heterocycles. The average Bonchev–Trinajstić information content (AvgIpc) is 0.811. The van der Waals surface area contributed by atoms with E-state index in [1.807, 2.05) is 0 Å². The van der Waals surface area contributed by atoms with Gasteiger partial charge in [-0.25, -0.2) is 0 Å². The first-order valence-corrected chi connectivity index (χ1v) is 2.69. The molecule has 5 heteroatoms. The summed E-state index contributed by atoms with van der Waals surface area (Å²) in [5.41, 5.74) is 0. The van der Waals surface area contributed by atoms with E-state index in [1.54, 1.807) is 0 Å². The molecule has 0 atom stereocenters. The molecule has 0 bridgehead atoms. The van der Waals surface area contributed by atoms with Crippen LogP contribution >= 0.6 is 0 Å². The Hall–Kier alpha value is 0.954. The topological polar surface area (TPSA) is 57.5 Å². The Bertz CT molecular complexity index is 29.9. The second-order valence-corrected chi connectivity index (χ2v) is 1.17. The van der Waals surface area contributed by atoms with Gasteiger partial charge in [0.25, 0.3) is 0 Å². The van der Waals surface area contributed by atoms with Crippen molar-refractivity contribution in [2.45, 2.75) is 0 Å². The third-order valence-electron chi connectivity index (χ3n) is 0. The summed E-state index contributed by atoms with van der Waals surface area (Å²) >= 11 is -3.58. The van der Waals surface area contributed by atoms with Crippen LogP contribution in [0.3, 0.4) is 0 Å². The summed E-state index contributed by atoms with van der Waals surface area (Å²) in [4.78, 5) is 0. The first kappa shape index (κ1) is 9.35. The molecule has 3 nitrogen and oxygen atoms in total. The average molecular weight is 153 g/mol. The molecule has 5 heavy (non-hydrogen) atoms. The Morgan fingerprint density at radius 2 is 1.40 bits per heavy atom. The summed E-state index contributed by atoms with van der Waals surface area (Å²) < 4.78 is 23.2. The molecule has 0 unspecified atom stereocenters.